The molecule has 0 spiro atoms. The van der Waals surface area contributed by atoms with Gasteiger partial charge in [-0.2, -0.15) is 0 Å². The first-order valence-electron chi connectivity index (χ1n) is 7.61. The third-order valence-electron chi connectivity index (χ3n) is 3.65. The highest BCUT2D eigenvalue weighted by Crippen LogP contribution is 2.25. The van der Waals surface area contributed by atoms with Crippen LogP contribution in [0.4, 0.5) is 0 Å². The summed E-state index contributed by atoms with van der Waals surface area (Å²) in [5.41, 5.74) is 1.86. The maximum absolute atomic E-state index is 12.3. The van der Waals surface area contributed by atoms with E-state index in [2.05, 4.69) is 20.9 Å². The average molecular weight is 402 g/mol. The number of ether oxygens (including phenoxy) is 2. The van der Waals surface area contributed by atoms with E-state index in [4.69, 9.17) is 13.9 Å². The van der Waals surface area contributed by atoms with E-state index in [1.54, 1.807) is 32.2 Å². The molecule has 0 unspecified atom stereocenters. The molecule has 5 nitrogen and oxygen atoms in total. The highest BCUT2D eigenvalue weighted by molar-refractivity contribution is 9.10. The van der Waals surface area contributed by atoms with Gasteiger partial charge in [0.15, 0.2) is 0 Å². The molecule has 2 aromatic carbocycles. The maximum atomic E-state index is 12.3. The summed E-state index contributed by atoms with van der Waals surface area (Å²) in [7, 11) is 1.54. The molecular formula is C19H16BrNO4. The number of benzene rings is 2. The van der Waals surface area contributed by atoms with Gasteiger partial charge in [0.25, 0.3) is 0 Å². The fourth-order valence-electron chi connectivity index (χ4n) is 2.27. The van der Waals surface area contributed by atoms with Gasteiger partial charge in [0.2, 0.25) is 5.89 Å². The van der Waals surface area contributed by atoms with Gasteiger partial charge in [-0.25, -0.2) is 9.78 Å². The van der Waals surface area contributed by atoms with Crippen LogP contribution in [-0.4, -0.2) is 18.1 Å². The van der Waals surface area contributed by atoms with Crippen molar-refractivity contribution in [3.8, 4) is 17.2 Å². The van der Waals surface area contributed by atoms with Crippen molar-refractivity contribution >= 4 is 21.9 Å². The Morgan fingerprint density at radius 1 is 1.20 bits per heavy atom. The van der Waals surface area contributed by atoms with Gasteiger partial charge in [-0.3, -0.25) is 0 Å². The molecule has 0 aliphatic heterocycles. The predicted molar refractivity (Wildman–Crippen MR) is 96.5 cm³/mol. The number of carbonyl (C=O) groups excluding carboxylic acids is 1. The molecule has 0 radical (unpaired) electrons. The summed E-state index contributed by atoms with van der Waals surface area (Å²) in [4.78, 5) is 16.8. The third-order valence-corrected chi connectivity index (χ3v) is 4.34. The third kappa shape index (κ3) is 3.91. The molecule has 3 aromatic rings. The summed E-state index contributed by atoms with van der Waals surface area (Å²) in [5, 5.41) is 0. The first-order chi connectivity index (χ1) is 12.1. The van der Waals surface area contributed by atoms with Crippen LogP contribution < -0.4 is 4.74 Å². The summed E-state index contributed by atoms with van der Waals surface area (Å²) in [6, 6.07) is 14.7. The summed E-state index contributed by atoms with van der Waals surface area (Å²) >= 11 is 3.35. The Hall–Kier alpha value is -2.60. The highest BCUT2D eigenvalue weighted by Gasteiger charge is 2.16. The number of aromatic nitrogens is 1. The van der Waals surface area contributed by atoms with Crippen molar-refractivity contribution in [3.63, 3.8) is 0 Å². The number of halogens is 1. The summed E-state index contributed by atoms with van der Waals surface area (Å²) < 4.78 is 16.8. The molecule has 128 valence electrons. The van der Waals surface area contributed by atoms with Crippen LogP contribution in [0.3, 0.4) is 0 Å². The minimum atomic E-state index is -0.463. The molecule has 1 aromatic heterocycles. The molecule has 0 amide bonds. The second kappa shape index (κ2) is 7.53. The van der Waals surface area contributed by atoms with E-state index in [0.717, 1.165) is 5.56 Å². The Morgan fingerprint density at radius 3 is 2.68 bits per heavy atom. The molecule has 0 N–H and O–H groups in total. The quantitative estimate of drug-likeness (QED) is 0.575. The Morgan fingerprint density at radius 2 is 1.96 bits per heavy atom. The lowest BCUT2D eigenvalue weighted by molar-refractivity contribution is 0.0465. The van der Waals surface area contributed by atoms with Crippen LogP contribution >= 0.6 is 15.9 Å². The Kier molecular flexibility index (Phi) is 5.19. The normalized spacial score (nSPS) is 10.5. The second-order valence-electron chi connectivity index (χ2n) is 5.31. The topological polar surface area (TPSA) is 61.6 Å². The van der Waals surface area contributed by atoms with Crippen LogP contribution in [-0.2, 0) is 11.3 Å². The van der Waals surface area contributed by atoms with Gasteiger partial charge in [0.1, 0.15) is 23.8 Å². The average Bonchev–Trinajstić information content (AvgIpc) is 3.01. The number of aryl methyl sites for hydroxylation is 1. The number of nitrogens with zero attached hydrogens (tertiary/aromatic N) is 1. The SMILES string of the molecule is COc1ccc(Br)c(C(=O)OCc2nc(-c3ccccc3)oc2C)c1. The van der Waals surface area contributed by atoms with Gasteiger partial charge in [-0.05, 0) is 53.2 Å². The van der Waals surface area contributed by atoms with E-state index in [9.17, 15) is 4.79 Å². The lowest BCUT2D eigenvalue weighted by Crippen LogP contribution is -2.07. The predicted octanol–water partition coefficient (Wildman–Crippen LogP) is 4.78. The molecular weight excluding hydrogens is 386 g/mol. The van der Waals surface area contributed by atoms with E-state index >= 15 is 0 Å². The van der Waals surface area contributed by atoms with Crippen molar-refractivity contribution in [2.24, 2.45) is 0 Å². The summed E-state index contributed by atoms with van der Waals surface area (Å²) in [6.07, 6.45) is 0. The van der Waals surface area contributed by atoms with E-state index in [0.29, 0.717) is 33.1 Å². The molecule has 0 aliphatic carbocycles. The van der Waals surface area contributed by atoms with Gasteiger partial charge < -0.3 is 13.9 Å². The van der Waals surface area contributed by atoms with Crippen LogP contribution in [0, 0.1) is 6.92 Å². The van der Waals surface area contributed by atoms with Crippen LogP contribution in [0.1, 0.15) is 21.8 Å². The minimum Gasteiger partial charge on any atom is -0.497 e. The van der Waals surface area contributed by atoms with Crippen LogP contribution in [0.5, 0.6) is 5.75 Å². The molecule has 0 atom stereocenters. The molecule has 0 fully saturated rings. The van der Waals surface area contributed by atoms with Crippen molar-refractivity contribution in [3.05, 3.63) is 70.0 Å². The van der Waals surface area contributed by atoms with E-state index in [1.807, 2.05) is 30.3 Å². The Balaban J connectivity index is 1.74. The summed E-state index contributed by atoms with van der Waals surface area (Å²) in [6.45, 7) is 1.83. The number of hydrogen-bond acceptors (Lipinski definition) is 5. The standard InChI is InChI=1S/C19H16BrNO4/c1-12-17(21-18(25-12)13-6-4-3-5-7-13)11-24-19(22)15-10-14(23-2)8-9-16(15)20/h3-10H,11H2,1-2H3. The van der Waals surface area contributed by atoms with Crippen molar-refractivity contribution in [2.45, 2.75) is 13.5 Å². The zero-order valence-electron chi connectivity index (χ0n) is 13.8. The lowest BCUT2D eigenvalue weighted by atomic mass is 10.2. The van der Waals surface area contributed by atoms with Crippen LogP contribution in [0.2, 0.25) is 0 Å². The van der Waals surface area contributed by atoms with Gasteiger partial charge in [-0.15, -0.1) is 0 Å². The molecule has 3 rings (SSSR count). The molecule has 0 bridgehead atoms. The second-order valence-corrected chi connectivity index (χ2v) is 6.16. The highest BCUT2D eigenvalue weighted by atomic mass is 79.9. The number of esters is 1. The molecule has 0 saturated heterocycles. The molecule has 25 heavy (non-hydrogen) atoms. The van der Waals surface area contributed by atoms with E-state index < -0.39 is 5.97 Å². The largest absolute Gasteiger partial charge is 0.497 e. The lowest BCUT2D eigenvalue weighted by Gasteiger charge is -2.07. The summed E-state index contributed by atoms with van der Waals surface area (Å²) in [5.74, 6) is 1.25. The molecule has 1 heterocycles. The van der Waals surface area contributed by atoms with Gasteiger partial charge in [0, 0.05) is 10.0 Å². The van der Waals surface area contributed by atoms with Crippen LogP contribution in [0.25, 0.3) is 11.5 Å². The number of oxazole rings is 1. The zero-order valence-corrected chi connectivity index (χ0v) is 15.4. The molecule has 6 heteroatoms. The first-order valence-corrected chi connectivity index (χ1v) is 8.40. The maximum Gasteiger partial charge on any atom is 0.339 e. The number of carbonyl (C=O) groups is 1. The fourth-order valence-corrected chi connectivity index (χ4v) is 2.67. The smallest absolute Gasteiger partial charge is 0.339 e. The van der Waals surface area contributed by atoms with Crippen molar-refractivity contribution < 1.29 is 18.7 Å². The van der Waals surface area contributed by atoms with Crippen molar-refractivity contribution in [1.29, 1.82) is 0 Å². The minimum absolute atomic E-state index is 0.0324. The monoisotopic (exact) mass is 401 g/mol. The number of rotatable bonds is 5. The fraction of sp³-hybridized carbons (Fsp3) is 0.158. The number of hydrogen-bond donors (Lipinski definition) is 0. The van der Waals surface area contributed by atoms with Crippen molar-refractivity contribution in [1.82, 2.24) is 4.98 Å². The van der Waals surface area contributed by atoms with Gasteiger partial charge >= 0.3 is 5.97 Å². The van der Waals surface area contributed by atoms with Crippen LogP contribution in [0.15, 0.2) is 57.4 Å². The van der Waals surface area contributed by atoms with Gasteiger partial charge in [0.05, 0.1) is 12.7 Å². The molecule has 0 aliphatic rings. The zero-order chi connectivity index (χ0) is 17.8. The number of methoxy groups -OCH3 is 1. The Labute approximate surface area is 153 Å². The van der Waals surface area contributed by atoms with E-state index in [1.165, 1.54) is 0 Å². The molecule has 0 saturated carbocycles. The first kappa shape index (κ1) is 17.2. The van der Waals surface area contributed by atoms with E-state index in [-0.39, 0.29) is 6.61 Å². The Bertz CT molecular complexity index is 890. The van der Waals surface area contributed by atoms with Crippen molar-refractivity contribution in [2.75, 3.05) is 7.11 Å². The van der Waals surface area contributed by atoms with Gasteiger partial charge in [-0.1, -0.05) is 18.2 Å².